The van der Waals surface area contributed by atoms with E-state index in [1.54, 1.807) is 7.11 Å². The van der Waals surface area contributed by atoms with Gasteiger partial charge >= 0.3 is 0 Å². The van der Waals surface area contributed by atoms with Gasteiger partial charge in [-0.05, 0) is 33.5 Å². The molecular formula is C13H21NO. The largest absolute Gasteiger partial charge is 0.372 e. The Balaban J connectivity index is 2.95. The van der Waals surface area contributed by atoms with Gasteiger partial charge < -0.3 is 9.64 Å². The molecule has 0 aliphatic carbocycles. The van der Waals surface area contributed by atoms with Crippen LogP contribution in [0.3, 0.4) is 0 Å². The molecule has 1 rings (SSSR count). The van der Waals surface area contributed by atoms with Crippen LogP contribution in [0.4, 0.5) is 0 Å². The Labute approximate surface area is 92.9 Å². The normalized spacial score (nSPS) is 15.3. The van der Waals surface area contributed by atoms with E-state index in [4.69, 9.17) is 4.74 Å². The van der Waals surface area contributed by atoms with E-state index < -0.39 is 0 Å². The van der Waals surface area contributed by atoms with E-state index in [1.807, 2.05) is 0 Å². The van der Waals surface area contributed by atoms with Crippen LogP contribution in [-0.4, -0.2) is 32.6 Å². The second-order valence-electron chi connectivity index (χ2n) is 4.54. The first kappa shape index (κ1) is 12.2. The summed E-state index contributed by atoms with van der Waals surface area (Å²) in [5.74, 6) is 0. The van der Waals surface area contributed by atoms with Gasteiger partial charge in [0.25, 0.3) is 0 Å². The van der Waals surface area contributed by atoms with Crippen LogP contribution in [0.2, 0.25) is 0 Å². The fourth-order valence-electron chi connectivity index (χ4n) is 1.78. The molecule has 84 valence electrons. The number of methoxy groups -OCH3 is 1. The molecule has 2 heteroatoms. The first-order chi connectivity index (χ1) is 6.98. The molecule has 1 atom stereocenters. The van der Waals surface area contributed by atoms with E-state index >= 15 is 0 Å². The van der Waals surface area contributed by atoms with Crippen molar-refractivity contribution in [2.45, 2.75) is 19.4 Å². The first-order valence-corrected chi connectivity index (χ1v) is 5.25. The molecule has 0 fully saturated rings. The molecule has 0 radical (unpaired) electrons. The van der Waals surface area contributed by atoms with E-state index in [9.17, 15) is 0 Å². The van der Waals surface area contributed by atoms with E-state index in [-0.39, 0.29) is 5.60 Å². The topological polar surface area (TPSA) is 12.5 Å². The highest BCUT2D eigenvalue weighted by atomic mass is 16.5. The molecule has 15 heavy (non-hydrogen) atoms. The minimum atomic E-state index is -0.225. The van der Waals surface area contributed by atoms with Crippen LogP contribution in [-0.2, 0) is 10.3 Å². The summed E-state index contributed by atoms with van der Waals surface area (Å²) in [6.07, 6.45) is 0. The summed E-state index contributed by atoms with van der Waals surface area (Å²) in [4.78, 5) is 2.14. The van der Waals surface area contributed by atoms with Gasteiger partial charge in [0.1, 0.15) is 5.60 Å². The van der Waals surface area contributed by atoms with E-state index in [0.717, 1.165) is 6.54 Å². The summed E-state index contributed by atoms with van der Waals surface area (Å²) in [6, 6.07) is 8.54. The molecule has 0 aliphatic heterocycles. The summed E-state index contributed by atoms with van der Waals surface area (Å²) in [6.45, 7) is 5.10. The minimum Gasteiger partial charge on any atom is -0.372 e. The third-order valence-corrected chi connectivity index (χ3v) is 2.73. The van der Waals surface area contributed by atoms with Crippen molar-refractivity contribution in [3.05, 3.63) is 35.4 Å². The Morgan fingerprint density at radius 1 is 1.20 bits per heavy atom. The molecule has 2 nitrogen and oxygen atoms in total. The van der Waals surface area contributed by atoms with Crippen LogP contribution >= 0.6 is 0 Å². The number of aryl methyl sites for hydroxylation is 1. The van der Waals surface area contributed by atoms with Gasteiger partial charge in [0.15, 0.2) is 0 Å². The predicted octanol–water partition coefficient (Wildman–Crippen LogP) is 2.42. The summed E-state index contributed by atoms with van der Waals surface area (Å²) in [7, 11) is 5.89. The predicted molar refractivity (Wildman–Crippen MR) is 64.1 cm³/mol. The minimum absolute atomic E-state index is 0.225. The van der Waals surface area contributed by atoms with Crippen molar-refractivity contribution in [3.8, 4) is 0 Å². The van der Waals surface area contributed by atoms with Crippen LogP contribution in [0.5, 0.6) is 0 Å². The molecule has 0 N–H and O–H groups in total. The molecule has 0 bridgehead atoms. The molecule has 0 heterocycles. The highest BCUT2D eigenvalue weighted by Gasteiger charge is 2.26. The lowest BCUT2D eigenvalue weighted by atomic mass is 9.94. The van der Waals surface area contributed by atoms with E-state index in [0.29, 0.717) is 0 Å². The van der Waals surface area contributed by atoms with Gasteiger partial charge in [-0.1, -0.05) is 29.8 Å². The average Bonchev–Trinajstić information content (AvgIpc) is 2.17. The van der Waals surface area contributed by atoms with Crippen LogP contribution in [0.15, 0.2) is 24.3 Å². The van der Waals surface area contributed by atoms with Crippen molar-refractivity contribution in [2.75, 3.05) is 27.7 Å². The maximum Gasteiger partial charge on any atom is 0.103 e. The SMILES string of the molecule is COC(C)(CN(C)C)c1ccc(C)cc1. The monoisotopic (exact) mass is 207 g/mol. The fraction of sp³-hybridized carbons (Fsp3) is 0.538. The van der Waals surface area contributed by atoms with Gasteiger partial charge in [-0.15, -0.1) is 0 Å². The van der Waals surface area contributed by atoms with Crippen LogP contribution < -0.4 is 0 Å². The van der Waals surface area contributed by atoms with Crippen molar-refractivity contribution in [1.82, 2.24) is 4.90 Å². The molecule has 0 aliphatic rings. The lowest BCUT2D eigenvalue weighted by molar-refractivity contribution is -0.0173. The number of rotatable bonds is 4. The van der Waals surface area contributed by atoms with Gasteiger partial charge in [0.2, 0.25) is 0 Å². The van der Waals surface area contributed by atoms with Crippen molar-refractivity contribution >= 4 is 0 Å². The zero-order valence-corrected chi connectivity index (χ0v) is 10.4. The van der Waals surface area contributed by atoms with Crippen molar-refractivity contribution in [2.24, 2.45) is 0 Å². The first-order valence-electron chi connectivity index (χ1n) is 5.25. The zero-order chi connectivity index (χ0) is 11.5. The summed E-state index contributed by atoms with van der Waals surface area (Å²) in [5.41, 5.74) is 2.28. The summed E-state index contributed by atoms with van der Waals surface area (Å²) < 4.78 is 5.63. The number of hydrogen-bond donors (Lipinski definition) is 0. The lowest BCUT2D eigenvalue weighted by Gasteiger charge is -2.31. The lowest BCUT2D eigenvalue weighted by Crippen LogP contribution is -2.36. The molecule has 1 aromatic rings. The maximum absolute atomic E-state index is 5.63. The van der Waals surface area contributed by atoms with Gasteiger partial charge in [0.05, 0.1) is 0 Å². The molecule has 0 saturated heterocycles. The molecule has 0 spiro atoms. The Bertz CT molecular complexity index is 305. The maximum atomic E-state index is 5.63. The smallest absolute Gasteiger partial charge is 0.103 e. The summed E-state index contributed by atoms with van der Waals surface area (Å²) >= 11 is 0. The molecule has 1 aromatic carbocycles. The van der Waals surface area contributed by atoms with Crippen molar-refractivity contribution in [1.29, 1.82) is 0 Å². The van der Waals surface area contributed by atoms with E-state index in [2.05, 4.69) is 57.1 Å². The fourth-order valence-corrected chi connectivity index (χ4v) is 1.78. The Morgan fingerprint density at radius 3 is 2.13 bits per heavy atom. The van der Waals surface area contributed by atoms with Crippen LogP contribution in [0, 0.1) is 6.92 Å². The molecule has 1 unspecified atom stereocenters. The number of likely N-dealkylation sites (N-methyl/N-ethyl adjacent to an activating group) is 1. The molecular weight excluding hydrogens is 186 g/mol. The molecule has 0 amide bonds. The van der Waals surface area contributed by atoms with E-state index in [1.165, 1.54) is 11.1 Å². The zero-order valence-electron chi connectivity index (χ0n) is 10.4. The van der Waals surface area contributed by atoms with Crippen molar-refractivity contribution in [3.63, 3.8) is 0 Å². The number of benzene rings is 1. The van der Waals surface area contributed by atoms with Gasteiger partial charge in [-0.25, -0.2) is 0 Å². The van der Waals surface area contributed by atoms with Gasteiger partial charge in [-0.2, -0.15) is 0 Å². The third kappa shape index (κ3) is 3.05. The number of hydrogen-bond acceptors (Lipinski definition) is 2. The van der Waals surface area contributed by atoms with Crippen molar-refractivity contribution < 1.29 is 4.74 Å². The van der Waals surface area contributed by atoms with Gasteiger partial charge in [-0.3, -0.25) is 0 Å². The molecule has 0 saturated carbocycles. The Morgan fingerprint density at radius 2 is 1.73 bits per heavy atom. The number of ether oxygens (including phenoxy) is 1. The standard InChI is InChI=1S/C13H21NO/c1-11-6-8-12(9-7-11)13(2,15-5)10-14(3)4/h6-9H,10H2,1-5H3. The van der Waals surface area contributed by atoms with Gasteiger partial charge in [0, 0.05) is 13.7 Å². The van der Waals surface area contributed by atoms with Crippen LogP contribution in [0.1, 0.15) is 18.1 Å². The Hall–Kier alpha value is -0.860. The summed E-state index contributed by atoms with van der Waals surface area (Å²) in [5, 5.41) is 0. The average molecular weight is 207 g/mol. The molecule has 0 aromatic heterocycles. The van der Waals surface area contributed by atoms with Crippen LogP contribution in [0.25, 0.3) is 0 Å². The Kier molecular flexibility index (Phi) is 3.89. The third-order valence-electron chi connectivity index (χ3n) is 2.73. The highest BCUT2D eigenvalue weighted by molar-refractivity contribution is 5.26. The quantitative estimate of drug-likeness (QED) is 0.752. The highest BCUT2D eigenvalue weighted by Crippen LogP contribution is 2.25. The number of nitrogens with zero attached hydrogens (tertiary/aromatic N) is 1. The second kappa shape index (κ2) is 4.77. The second-order valence-corrected chi connectivity index (χ2v) is 4.54.